The van der Waals surface area contributed by atoms with Gasteiger partial charge in [0.1, 0.15) is 0 Å². The van der Waals surface area contributed by atoms with Crippen molar-refractivity contribution in [1.82, 2.24) is 0 Å². The van der Waals surface area contributed by atoms with Crippen LogP contribution in [0.2, 0.25) is 0 Å². The van der Waals surface area contributed by atoms with Crippen LogP contribution in [0.4, 0.5) is 0 Å². The Kier molecular flexibility index (Phi) is 4.85. The van der Waals surface area contributed by atoms with E-state index in [0.717, 1.165) is 17.7 Å². The molecule has 0 aliphatic heterocycles. The van der Waals surface area contributed by atoms with Crippen molar-refractivity contribution in [2.45, 2.75) is 26.8 Å². The summed E-state index contributed by atoms with van der Waals surface area (Å²) in [5.41, 5.74) is 5.69. The molecular weight excluding hydrogens is 294 g/mol. The number of nitrogens with zero attached hydrogens (tertiary/aromatic N) is 1. The van der Waals surface area contributed by atoms with Crippen molar-refractivity contribution in [2.75, 3.05) is 0 Å². The lowest BCUT2D eigenvalue weighted by Crippen LogP contribution is -2.41. The summed E-state index contributed by atoms with van der Waals surface area (Å²) in [5.74, 6) is 0.138. The van der Waals surface area contributed by atoms with Gasteiger partial charge in [0.05, 0.1) is 0 Å². The van der Waals surface area contributed by atoms with E-state index in [1.165, 1.54) is 16.7 Å². The van der Waals surface area contributed by atoms with Crippen LogP contribution in [-0.4, -0.2) is 5.78 Å². The van der Waals surface area contributed by atoms with Gasteiger partial charge in [0.15, 0.2) is 11.9 Å². The molecule has 0 radical (unpaired) electrons. The average molecular weight is 316 g/mol. The number of pyridine rings is 1. The number of aryl methyl sites for hydroxylation is 2. The third-order valence-electron chi connectivity index (χ3n) is 4.34. The third kappa shape index (κ3) is 3.77. The Hall–Kier alpha value is -2.74. The summed E-state index contributed by atoms with van der Waals surface area (Å²) in [6.07, 6.45) is 3.01. The molecule has 2 aromatic carbocycles. The van der Waals surface area contributed by atoms with Crippen molar-refractivity contribution < 1.29 is 9.36 Å². The number of Topliss-reactive ketones (excluding diaryl/α,β-unsaturated/α-hetero) is 1. The van der Waals surface area contributed by atoms with E-state index in [1.807, 2.05) is 41.0 Å². The molecule has 0 saturated carbocycles. The summed E-state index contributed by atoms with van der Waals surface area (Å²) < 4.78 is 2.04. The first-order valence-electron chi connectivity index (χ1n) is 8.25. The van der Waals surface area contributed by atoms with E-state index in [0.29, 0.717) is 6.54 Å². The minimum Gasteiger partial charge on any atom is -0.287 e. The molecule has 3 rings (SSSR count). The van der Waals surface area contributed by atoms with Crippen molar-refractivity contribution >= 4 is 5.78 Å². The largest absolute Gasteiger partial charge is 0.287 e. The number of carbonyl (C=O) groups excluding carboxylic acids is 1. The molecule has 2 nitrogen and oxygen atoms in total. The molecular formula is C22H22NO+. The van der Waals surface area contributed by atoms with Crippen molar-refractivity contribution in [1.29, 1.82) is 0 Å². The lowest BCUT2D eigenvalue weighted by Gasteiger charge is -2.08. The van der Waals surface area contributed by atoms with Crippen LogP contribution in [0.5, 0.6) is 0 Å². The highest BCUT2D eigenvalue weighted by molar-refractivity contribution is 5.94. The Labute approximate surface area is 143 Å². The average Bonchev–Trinajstić information content (AvgIpc) is 2.61. The van der Waals surface area contributed by atoms with Crippen LogP contribution in [0.15, 0.2) is 72.9 Å². The quantitative estimate of drug-likeness (QED) is 0.513. The first-order valence-corrected chi connectivity index (χ1v) is 8.25. The Bertz CT molecular complexity index is 839. The summed E-state index contributed by atoms with van der Waals surface area (Å²) >= 11 is 0. The van der Waals surface area contributed by atoms with Gasteiger partial charge in [-0.3, -0.25) is 4.79 Å². The SMILES string of the molecule is Cc1c[n+](CC(=O)c2ccccc2)c(C)cc1Cc1ccccc1. The van der Waals surface area contributed by atoms with E-state index >= 15 is 0 Å². The second kappa shape index (κ2) is 7.22. The summed E-state index contributed by atoms with van der Waals surface area (Å²) in [7, 11) is 0. The fraction of sp³-hybridized carbons (Fsp3) is 0.182. The molecule has 0 N–H and O–H groups in total. The Morgan fingerprint density at radius 1 is 0.917 bits per heavy atom. The molecule has 0 unspecified atom stereocenters. The third-order valence-corrected chi connectivity index (χ3v) is 4.34. The molecule has 3 aromatic rings. The Morgan fingerprint density at radius 2 is 1.54 bits per heavy atom. The second-order valence-electron chi connectivity index (χ2n) is 6.20. The molecule has 0 spiro atoms. The van der Waals surface area contributed by atoms with Crippen LogP contribution < -0.4 is 4.57 Å². The van der Waals surface area contributed by atoms with Crippen molar-refractivity contribution in [2.24, 2.45) is 0 Å². The number of carbonyl (C=O) groups is 1. The molecule has 1 heterocycles. The van der Waals surface area contributed by atoms with Gasteiger partial charge in [-0.15, -0.1) is 0 Å². The molecule has 1 aromatic heterocycles. The molecule has 0 amide bonds. The standard InChI is InChI=1S/C22H22NO/c1-17-15-23(16-22(24)20-11-7-4-8-12-20)18(2)13-21(17)14-19-9-5-3-6-10-19/h3-13,15H,14,16H2,1-2H3/q+1. The molecule has 0 aliphatic rings. The van der Waals surface area contributed by atoms with E-state index in [4.69, 9.17) is 0 Å². The summed E-state index contributed by atoms with van der Waals surface area (Å²) in [5, 5.41) is 0. The van der Waals surface area contributed by atoms with E-state index < -0.39 is 0 Å². The first-order chi connectivity index (χ1) is 11.6. The predicted molar refractivity (Wildman–Crippen MR) is 96.1 cm³/mol. The van der Waals surface area contributed by atoms with Gasteiger partial charge in [0, 0.05) is 24.1 Å². The lowest BCUT2D eigenvalue weighted by atomic mass is 10.0. The molecule has 24 heavy (non-hydrogen) atoms. The number of hydrogen-bond donors (Lipinski definition) is 0. The Morgan fingerprint density at radius 3 is 2.21 bits per heavy atom. The van der Waals surface area contributed by atoms with E-state index in [1.54, 1.807) is 0 Å². The highest BCUT2D eigenvalue weighted by Crippen LogP contribution is 2.13. The van der Waals surface area contributed by atoms with Crippen LogP contribution in [0.3, 0.4) is 0 Å². The van der Waals surface area contributed by atoms with Gasteiger partial charge >= 0.3 is 0 Å². The maximum atomic E-state index is 12.4. The summed E-state index contributed by atoms with van der Waals surface area (Å²) in [6.45, 7) is 4.55. The van der Waals surface area contributed by atoms with Gasteiger partial charge in [0.25, 0.3) is 0 Å². The first kappa shape index (κ1) is 16.1. The molecule has 0 bridgehead atoms. The van der Waals surface area contributed by atoms with E-state index in [9.17, 15) is 4.79 Å². The topological polar surface area (TPSA) is 20.9 Å². The molecule has 0 fully saturated rings. The van der Waals surface area contributed by atoms with E-state index in [2.05, 4.69) is 50.4 Å². The molecule has 2 heteroatoms. The molecule has 120 valence electrons. The van der Waals surface area contributed by atoms with Gasteiger partial charge in [-0.1, -0.05) is 60.7 Å². The second-order valence-corrected chi connectivity index (χ2v) is 6.20. The van der Waals surface area contributed by atoms with Gasteiger partial charge in [0.2, 0.25) is 12.3 Å². The maximum absolute atomic E-state index is 12.4. The van der Waals surface area contributed by atoms with Crippen LogP contribution in [0.25, 0.3) is 0 Å². The number of benzene rings is 2. The smallest absolute Gasteiger partial charge is 0.227 e. The Balaban J connectivity index is 1.81. The minimum atomic E-state index is 0.138. The monoisotopic (exact) mass is 316 g/mol. The highest BCUT2D eigenvalue weighted by Gasteiger charge is 2.16. The van der Waals surface area contributed by atoms with Gasteiger partial charge in [-0.2, -0.15) is 4.57 Å². The molecule has 0 atom stereocenters. The zero-order valence-corrected chi connectivity index (χ0v) is 14.2. The van der Waals surface area contributed by atoms with E-state index in [-0.39, 0.29) is 5.78 Å². The summed E-state index contributed by atoms with van der Waals surface area (Å²) in [6, 6.07) is 22.1. The maximum Gasteiger partial charge on any atom is 0.227 e. The zero-order chi connectivity index (χ0) is 16.9. The van der Waals surface area contributed by atoms with Crippen molar-refractivity contribution in [3.05, 3.63) is 101 Å². The fourth-order valence-electron chi connectivity index (χ4n) is 2.91. The fourth-order valence-corrected chi connectivity index (χ4v) is 2.91. The van der Waals surface area contributed by atoms with Crippen LogP contribution >= 0.6 is 0 Å². The molecule has 0 aliphatic carbocycles. The van der Waals surface area contributed by atoms with Crippen LogP contribution in [0, 0.1) is 13.8 Å². The van der Waals surface area contributed by atoms with Crippen molar-refractivity contribution in [3.8, 4) is 0 Å². The van der Waals surface area contributed by atoms with Crippen LogP contribution in [0.1, 0.15) is 32.7 Å². The van der Waals surface area contributed by atoms with Gasteiger partial charge in [-0.25, -0.2) is 0 Å². The van der Waals surface area contributed by atoms with Gasteiger partial charge in [-0.05, 0) is 24.5 Å². The minimum absolute atomic E-state index is 0.138. The molecule has 0 saturated heterocycles. The summed E-state index contributed by atoms with van der Waals surface area (Å²) in [4.78, 5) is 12.4. The predicted octanol–water partition coefficient (Wildman–Crippen LogP) is 4.06. The van der Waals surface area contributed by atoms with Crippen molar-refractivity contribution in [3.63, 3.8) is 0 Å². The highest BCUT2D eigenvalue weighted by atomic mass is 16.1. The lowest BCUT2D eigenvalue weighted by molar-refractivity contribution is -0.689. The zero-order valence-electron chi connectivity index (χ0n) is 14.2. The van der Waals surface area contributed by atoms with Crippen LogP contribution in [-0.2, 0) is 13.0 Å². The van der Waals surface area contributed by atoms with Gasteiger partial charge < -0.3 is 0 Å². The number of rotatable bonds is 5. The number of hydrogen-bond acceptors (Lipinski definition) is 1. The number of aromatic nitrogens is 1. The normalized spacial score (nSPS) is 10.6. The number of ketones is 1.